The largest absolute Gasteiger partial charge is 0.481 e. The van der Waals surface area contributed by atoms with Gasteiger partial charge in [0, 0.05) is 50.2 Å². The molecule has 6 nitrogen and oxygen atoms in total. The summed E-state index contributed by atoms with van der Waals surface area (Å²) in [5.74, 6) is -0.315. The molecule has 2 aliphatic rings. The molecule has 0 spiro atoms. The second-order valence-electron chi connectivity index (χ2n) is 8.36. The number of fused-ring (bicyclic) bond motifs is 1. The number of benzene rings is 1. The van der Waals surface area contributed by atoms with Crippen LogP contribution in [0.2, 0.25) is 0 Å². The van der Waals surface area contributed by atoms with E-state index < -0.39 is 5.97 Å². The fourth-order valence-electron chi connectivity index (χ4n) is 4.98. The summed E-state index contributed by atoms with van der Waals surface area (Å²) < 4.78 is 5.53. The second kappa shape index (κ2) is 9.20. The van der Waals surface area contributed by atoms with E-state index in [9.17, 15) is 9.90 Å². The first kappa shape index (κ1) is 20.3. The Labute approximate surface area is 172 Å². The number of aryl methyl sites for hydroxylation is 1. The Balaban J connectivity index is 1.51. The number of pyridine rings is 1. The number of morpholine rings is 1. The fraction of sp³-hybridized carbons (Fsp3) is 0.565. The monoisotopic (exact) mass is 397 g/mol. The van der Waals surface area contributed by atoms with Crippen LogP contribution in [0.15, 0.2) is 30.5 Å². The zero-order valence-corrected chi connectivity index (χ0v) is 17.2. The van der Waals surface area contributed by atoms with E-state index in [2.05, 4.69) is 39.9 Å². The summed E-state index contributed by atoms with van der Waals surface area (Å²) >= 11 is 0. The van der Waals surface area contributed by atoms with Crippen LogP contribution >= 0.6 is 0 Å². The summed E-state index contributed by atoms with van der Waals surface area (Å²) in [6.07, 6.45) is 3.92. The second-order valence-corrected chi connectivity index (χ2v) is 8.36. The van der Waals surface area contributed by atoms with Crippen LogP contribution in [0.5, 0.6) is 0 Å². The molecule has 2 fully saturated rings. The highest BCUT2D eigenvalue weighted by molar-refractivity contribution is 5.83. The van der Waals surface area contributed by atoms with Crippen molar-refractivity contribution in [2.75, 3.05) is 39.4 Å². The van der Waals surface area contributed by atoms with E-state index >= 15 is 0 Å². The zero-order chi connectivity index (χ0) is 20.2. The van der Waals surface area contributed by atoms with Gasteiger partial charge in [-0.1, -0.05) is 12.1 Å². The standard InChI is InChI=1S/C23H31N3O3/c1-17-4-6-21-19(3-2-9-24-21)20(17)16-25-10-8-22(26-11-13-29-14-12-26)18(15-25)5-7-23(27)28/h2-4,6,9,18,22H,5,7-8,10-16H2,1H3,(H,27,28)/t18-,22+/m1/s1. The lowest BCUT2D eigenvalue weighted by atomic mass is 9.86. The molecule has 0 radical (unpaired) electrons. The van der Waals surface area contributed by atoms with Gasteiger partial charge >= 0.3 is 5.97 Å². The highest BCUT2D eigenvalue weighted by atomic mass is 16.5. The van der Waals surface area contributed by atoms with E-state index in [-0.39, 0.29) is 6.42 Å². The first-order valence-electron chi connectivity index (χ1n) is 10.7. The molecule has 2 atom stereocenters. The number of aliphatic carboxylic acids is 1. The van der Waals surface area contributed by atoms with E-state index in [4.69, 9.17) is 4.74 Å². The molecular weight excluding hydrogens is 366 g/mol. The number of carboxylic acids is 1. The number of ether oxygens (including phenoxy) is 1. The summed E-state index contributed by atoms with van der Waals surface area (Å²) in [4.78, 5) is 20.8. The van der Waals surface area contributed by atoms with Crippen LogP contribution in [0.4, 0.5) is 0 Å². The molecule has 0 unspecified atom stereocenters. The first-order valence-corrected chi connectivity index (χ1v) is 10.7. The number of likely N-dealkylation sites (tertiary alicyclic amines) is 1. The number of piperidine rings is 1. The molecule has 0 aliphatic carbocycles. The Morgan fingerprint density at radius 2 is 2.07 bits per heavy atom. The summed E-state index contributed by atoms with van der Waals surface area (Å²) in [5.41, 5.74) is 3.68. The van der Waals surface area contributed by atoms with Gasteiger partial charge in [0.2, 0.25) is 0 Å². The maximum Gasteiger partial charge on any atom is 0.303 e. The number of carbonyl (C=O) groups is 1. The van der Waals surface area contributed by atoms with Gasteiger partial charge in [-0.3, -0.25) is 19.6 Å². The van der Waals surface area contributed by atoms with Crippen LogP contribution in [0.1, 0.15) is 30.4 Å². The average Bonchev–Trinajstić information content (AvgIpc) is 2.75. The van der Waals surface area contributed by atoms with Gasteiger partial charge in [-0.15, -0.1) is 0 Å². The lowest BCUT2D eigenvalue weighted by molar-refractivity contribution is -0.137. The summed E-state index contributed by atoms with van der Waals surface area (Å²) in [7, 11) is 0. The Morgan fingerprint density at radius 1 is 1.24 bits per heavy atom. The van der Waals surface area contributed by atoms with E-state index in [0.29, 0.717) is 12.0 Å². The molecule has 2 aliphatic heterocycles. The molecule has 0 saturated carbocycles. The van der Waals surface area contributed by atoms with E-state index in [1.165, 1.54) is 16.5 Å². The molecule has 0 bridgehead atoms. The van der Waals surface area contributed by atoms with Crippen molar-refractivity contribution >= 4 is 16.9 Å². The lowest BCUT2D eigenvalue weighted by Gasteiger charge is -2.45. The molecule has 1 N–H and O–H groups in total. The van der Waals surface area contributed by atoms with Crippen molar-refractivity contribution in [2.45, 2.75) is 38.8 Å². The molecule has 1 aromatic carbocycles. The number of nitrogens with zero attached hydrogens (tertiary/aromatic N) is 3. The van der Waals surface area contributed by atoms with Gasteiger partial charge in [-0.25, -0.2) is 0 Å². The summed E-state index contributed by atoms with van der Waals surface area (Å²) in [5, 5.41) is 10.5. The van der Waals surface area contributed by atoms with Crippen LogP contribution in [0.25, 0.3) is 10.9 Å². The van der Waals surface area contributed by atoms with E-state index in [1.54, 1.807) is 0 Å². The minimum Gasteiger partial charge on any atom is -0.481 e. The quantitative estimate of drug-likeness (QED) is 0.809. The van der Waals surface area contributed by atoms with Crippen molar-refractivity contribution in [3.8, 4) is 0 Å². The van der Waals surface area contributed by atoms with E-state index in [1.807, 2.05) is 12.3 Å². The summed E-state index contributed by atoms with van der Waals surface area (Å²) in [6.45, 7) is 8.55. The molecular formula is C23H31N3O3. The van der Waals surface area contributed by atoms with Gasteiger partial charge in [0.05, 0.1) is 18.7 Å². The number of aromatic nitrogens is 1. The maximum absolute atomic E-state index is 11.2. The Kier molecular flexibility index (Phi) is 6.43. The minimum absolute atomic E-state index is 0.247. The van der Waals surface area contributed by atoms with E-state index in [0.717, 1.165) is 64.3 Å². The molecule has 2 saturated heterocycles. The number of rotatable bonds is 6. The van der Waals surface area contributed by atoms with Crippen LogP contribution in [0.3, 0.4) is 0 Å². The highest BCUT2D eigenvalue weighted by Gasteiger charge is 2.34. The number of hydrogen-bond donors (Lipinski definition) is 1. The highest BCUT2D eigenvalue weighted by Crippen LogP contribution is 2.30. The van der Waals surface area contributed by atoms with Gasteiger partial charge in [0.15, 0.2) is 0 Å². The third-order valence-electron chi connectivity index (χ3n) is 6.53. The molecule has 6 heteroatoms. The van der Waals surface area contributed by atoms with Crippen molar-refractivity contribution in [1.82, 2.24) is 14.8 Å². The predicted molar refractivity (Wildman–Crippen MR) is 113 cm³/mol. The average molecular weight is 398 g/mol. The maximum atomic E-state index is 11.2. The Hall–Kier alpha value is -2.02. The molecule has 2 aromatic rings. The fourth-order valence-corrected chi connectivity index (χ4v) is 4.98. The van der Waals surface area contributed by atoms with Gasteiger partial charge in [-0.05, 0) is 55.5 Å². The van der Waals surface area contributed by atoms with Crippen molar-refractivity contribution in [2.24, 2.45) is 5.92 Å². The third kappa shape index (κ3) is 4.77. The van der Waals surface area contributed by atoms with Gasteiger partial charge in [0.25, 0.3) is 0 Å². The zero-order valence-electron chi connectivity index (χ0n) is 17.2. The molecule has 156 valence electrons. The summed E-state index contributed by atoms with van der Waals surface area (Å²) in [6, 6.07) is 8.88. The van der Waals surface area contributed by atoms with Crippen LogP contribution in [-0.2, 0) is 16.1 Å². The minimum atomic E-state index is -0.696. The topological polar surface area (TPSA) is 65.9 Å². The van der Waals surface area contributed by atoms with Crippen molar-refractivity contribution < 1.29 is 14.6 Å². The van der Waals surface area contributed by atoms with Crippen molar-refractivity contribution in [1.29, 1.82) is 0 Å². The Bertz CT molecular complexity index is 850. The predicted octanol–water partition coefficient (Wildman–Crippen LogP) is 2.93. The third-order valence-corrected chi connectivity index (χ3v) is 6.53. The van der Waals surface area contributed by atoms with Gasteiger partial charge in [-0.2, -0.15) is 0 Å². The molecule has 29 heavy (non-hydrogen) atoms. The van der Waals surface area contributed by atoms with Crippen LogP contribution in [-0.4, -0.2) is 71.3 Å². The van der Waals surface area contributed by atoms with Crippen LogP contribution < -0.4 is 0 Å². The van der Waals surface area contributed by atoms with Gasteiger partial charge in [0.1, 0.15) is 0 Å². The van der Waals surface area contributed by atoms with Crippen LogP contribution in [0, 0.1) is 12.8 Å². The first-order chi connectivity index (χ1) is 14.1. The molecule has 0 amide bonds. The SMILES string of the molecule is Cc1ccc2ncccc2c1CN1CC[C@H](N2CCOCC2)[C@H](CCC(=O)O)C1. The number of hydrogen-bond acceptors (Lipinski definition) is 5. The van der Waals surface area contributed by atoms with Crippen molar-refractivity contribution in [3.63, 3.8) is 0 Å². The van der Waals surface area contributed by atoms with Gasteiger partial charge < -0.3 is 9.84 Å². The number of carboxylic acid groups (broad SMARTS) is 1. The lowest BCUT2D eigenvalue weighted by Crippen LogP contribution is -2.53. The molecule has 4 rings (SSSR count). The Morgan fingerprint density at radius 3 is 2.86 bits per heavy atom. The molecule has 1 aromatic heterocycles. The smallest absolute Gasteiger partial charge is 0.303 e. The normalized spacial score (nSPS) is 24.0. The molecule has 3 heterocycles. The van der Waals surface area contributed by atoms with Crippen molar-refractivity contribution in [3.05, 3.63) is 41.6 Å².